The number of aromatic nitrogens is 2. The minimum Gasteiger partial charge on any atom is -0.345 e. The molecule has 0 N–H and O–H groups in total. The normalized spacial score (nSPS) is 26.0. The molecule has 0 bridgehead atoms. The van der Waals surface area contributed by atoms with Crippen molar-refractivity contribution in [2.45, 2.75) is 102 Å². The molecule has 3 rings (SSSR count). The van der Waals surface area contributed by atoms with Gasteiger partial charge in [0.2, 0.25) is 0 Å². The molecule has 1 unspecified atom stereocenters. The van der Waals surface area contributed by atoms with E-state index in [0.29, 0.717) is 5.82 Å². The molecule has 0 radical (unpaired) electrons. The zero-order valence-corrected chi connectivity index (χ0v) is 16.2. The highest BCUT2D eigenvalue weighted by atomic mass is 16.1. The molecule has 1 atom stereocenters. The molecule has 24 heavy (non-hydrogen) atoms. The molecule has 1 aromatic rings. The lowest BCUT2D eigenvalue weighted by Crippen LogP contribution is -2.36. The summed E-state index contributed by atoms with van der Waals surface area (Å²) in [5, 5.41) is 0.133. The fraction of sp³-hybridized carbons (Fsp3) is 0.842. The molecule has 0 aromatic carbocycles. The quantitative estimate of drug-likeness (QED) is 0.783. The third-order valence-electron chi connectivity index (χ3n) is 6.31. The van der Waals surface area contributed by atoms with Gasteiger partial charge in [-0.3, -0.25) is 4.57 Å². The fourth-order valence-corrected chi connectivity index (χ4v) is 5.11. The van der Waals surface area contributed by atoms with Crippen LogP contribution in [0.2, 0.25) is 5.82 Å². The van der Waals surface area contributed by atoms with Gasteiger partial charge < -0.3 is 4.48 Å². The van der Waals surface area contributed by atoms with Crippen molar-refractivity contribution in [3.63, 3.8) is 0 Å². The van der Waals surface area contributed by atoms with Crippen LogP contribution in [0.3, 0.4) is 0 Å². The van der Waals surface area contributed by atoms with Gasteiger partial charge in [0.1, 0.15) is 7.85 Å². The maximum absolute atomic E-state index is 13.2. The maximum atomic E-state index is 13.2. The summed E-state index contributed by atoms with van der Waals surface area (Å²) < 4.78 is 4.29. The van der Waals surface area contributed by atoms with E-state index in [2.05, 4.69) is 37.7 Å². The minimum atomic E-state index is 0.133. The number of nitrogens with zero attached hydrogens (tertiary/aromatic N) is 2. The van der Waals surface area contributed by atoms with Crippen LogP contribution in [-0.2, 0) is 11.7 Å². The zero-order chi connectivity index (χ0) is 17.3. The molecule has 0 spiro atoms. The number of hydrogen-bond donors (Lipinski definition) is 0. The van der Waals surface area contributed by atoms with Crippen molar-refractivity contribution in [3.05, 3.63) is 21.9 Å². The predicted octanol–water partition coefficient (Wildman–Crippen LogP) is 3.15. The van der Waals surface area contributed by atoms with E-state index < -0.39 is 0 Å². The lowest BCUT2D eigenvalue weighted by atomic mass is 9.60. The Morgan fingerprint density at radius 2 is 1.75 bits per heavy atom. The summed E-state index contributed by atoms with van der Waals surface area (Å²) in [7, 11) is 3.29. The van der Waals surface area contributed by atoms with Gasteiger partial charge in [-0.05, 0) is 44.2 Å². The molecule has 1 saturated carbocycles. The van der Waals surface area contributed by atoms with Crippen LogP contribution in [0.25, 0.3) is 0 Å². The molecular formula is C19H34B2N2O. The van der Waals surface area contributed by atoms with Crippen molar-refractivity contribution in [2.75, 3.05) is 0 Å². The third kappa shape index (κ3) is 3.41. The van der Waals surface area contributed by atoms with Crippen molar-refractivity contribution in [2.24, 2.45) is 0 Å². The van der Waals surface area contributed by atoms with Crippen molar-refractivity contribution in [1.82, 2.24) is 9.05 Å². The van der Waals surface area contributed by atoms with E-state index in [4.69, 9.17) is 0 Å². The first kappa shape index (κ1) is 17.9. The fourth-order valence-electron chi connectivity index (χ4n) is 5.11. The average Bonchev–Trinajstić information content (AvgIpc) is 2.75. The lowest BCUT2D eigenvalue weighted by Gasteiger charge is -2.33. The van der Waals surface area contributed by atoms with Crippen LogP contribution in [0.15, 0.2) is 4.79 Å². The summed E-state index contributed by atoms with van der Waals surface area (Å²) in [5.74, 6) is 0.688. The number of rotatable bonds is 3. The molecule has 0 aliphatic heterocycles. The van der Waals surface area contributed by atoms with Gasteiger partial charge in [0.15, 0.2) is 0 Å². The van der Waals surface area contributed by atoms with Gasteiger partial charge in [-0.15, -0.1) is 0 Å². The van der Waals surface area contributed by atoms with Crippen LogP contribution in [0.1, 0.15) is 96.0 Å². The van der Waals surface area contributed by atoms with Crippen LogP contribution in [-0.4, -0.2) is 24.3 Å². The monoisotopic (exact) mass is 328 g/mol. The van der Waals surface area contributed by atoms with Crippen LogP contribution in [0.5, 0.6) is 0 Å². The summed E-state index contributed by atoms with van der Waals surface area (Å²) >= 11 is 0. The molecule has 1 fully saturated rings. The Balaban J connectivity index is 1.99. The molecule has 1 heterocycles. The van der Waals surface area contributed by atoms with E-state index in [1.165, 1.54) is 69.2 Å². The molecular weight excluding hydrogens is 294 g/mol. The standard InChI is InChI=1S/C19H34B2N2O/c1-14(2)22-16-12-9-13-19(3,20)17(16)23(18(22)24)21-15-10-7-5-4-6-8-11-15/h14-15,21H,4-13,20H2,1-3H3. The molecule has 2 aliphatic rings. The van der Waals surface area contributed by atoms with Gasteiger partial charge in [0, 0.05) is 17.4 Å². The van der Waals surface area contributed by atoms with Crippen molar-refractivity contribution >= 4 is 15.3 Å². The Morgan fingerprint density at radius 3 is 2.38 bits per heavy atom. The molecule has 3 nitrogen and oxygen atoms in total. The topological polar surface area (TPSA) is 26.9 Å². The first-order chi connectivity index (χ1) is 11.4. The molecule has 5 heteroatoms. The van der Waals surface area contributed by atoms with Gasteiger partial charge in [0.25, 0.3) is 7.41 Å². The predicted molar refractivity (Wildman–Crippen MR) is 107 cm³/mol. The second kappa shape index (κ2) is 7.17. The largest absolute Gasteiger partial charge is 0.345 e. The highest BCUT2D eigenvalue weighted by Gasteiger charge is 2.35. The SMILES string of the molecule is BC1(C)CCCc2c1n(BC1CCCCCCC1)c(=O)n2C(C)C. The Morgan fingerprint density at radius 1 is 1.12 bits per heavy atom. The molecule has 132 valence electrons. The molecule has 2 aliphatic carbocycles. The second-order valence-corrected chi connectivity index (χ2v) is 9.10. The molecule has 1 aromatic heterocycles. The highest BCUT2D eigenvalue weighted by Crippen LogP contribution is 2.36. The van der Waals surface area contributed by atoms with E-state index >= 15 is 0 Å². The van der Waals surface area contributed by atoms with Crippen LogP contribution in [0, 0.1) is 0 Å². The van der Waals surface area contributed by atoms with Crippen LogP contribution in [0.4, 0.5) is 0 Å². The van der Waals surface area contributed by atoms with E-state index in [1.807, 2.05) is 0 Å². The number of hydrogen-bond acceptors (Lipinski definition) is 1. The van der Waals surface area contributed by atoms with Crippen LogP contribution >= 0.6 is 0 Å². The number of imidazole rings is 1. The van der Waals surface area contributed by atoms with Gasteiger partial charge >= 0.3 is 5.69 Å². The Hall–Kier alpha value is -0.860. The zero-order valence-electron chi connectivity index (χ0n) is 16.2. The smallest absolute Gasteiger partial charge is 0.316 e. The highest BCUT2D eigenvalue weighted by molar-refractivity contribution is 6.36. The third-order valence-corrected chi connectivity index (χ3v) is 6.31. The Labute approximate surface area is 148 Å². The second-order valence-electron chi connectivity index (χ2n) is 9.10. The molecule has 0 saturated heterocycles. The van der Waals surface area contributed by atoms with Gasteiger partial charge in [-0.2, -0.15) is 0 Å². The van der Waals surface area contributed by atoms with Gasteiger partial charge in [-0.25, -0.2) is 4.79 Å². The van der Waals surface area contributed by atoms with E-state index in [-0.39, 0.29) is 17.0 Å². The summed E-state index contributed by atoms with van der Waals surface area (Å²) in [6.45, 7) is 6.65. The minimum absolute atomic E-state index is 0.133. The lowest BCUT2D eigenvalue weighted by molar-refractivity contribution is 0.483. The summed E-state index contributed by atoms with van der Waals surface area (Å²) in [6, 6.07) is 0.263. The maximum Gasteiger partial charge on any atom is 0.316 e. The van der Waals surface area contributed by atoms with Crippen molar-refractivity contribution < 1.29 is 0 Å². The van der Waals surface area contributed by atoms with Crippen molar-refractivity contribution in [3.8, 4) is 0 Å². The van der Waals surface area contributed by atoms with E-state index in [0.717, 1.165) is 13.8 Å². The molecule has 0 amide bonds. The summed E-state index contributed by atoms with van der Waals surface area (Å²) in [4.78, 5) is 13.2. The van der Waals surface area contributed by atoms with Gasteiger partial charge in [-0.1, -0.05) is 51.9 Å². The van der Waals surface area contributed by atoms with Gasteiger partial charge in [0.05, 0.1) is 0 Å². The average molecular weight is 328 g/mol. The van der Waals surface area contributed by atoms with Crippen LogP contribution < -0.4 is 5.69 Å². The summed E-state index contributed by atoms with van der Waals surface area (Å²) in [5.41, 5.74) is 2.94. The first-order valence-electron chi connectivity index (χ1n) is 10.3. The Kier molecular flexibility index (Phi) is 5.36. The van der Waals surface area contributed by atoms with Crippen molar-refractivity contribution in [1.29, 1.82) is 0 Å². The van der Waals surface area contributed by atoms with E-state index in [9.17, 15) is 4.79 Å². The first-order valence-corrected chi connectivity index (χ1v) is 10.3. The van der Waals surface area contributed by atoms with E-state index in [1.54, 1.807) is 0 Å². The number of fused-ring (bicyclic) bond motifs is 1. The summed E-state index contributed by atoms with van der Waals surface area (Å²) in [6.07, 6.45) is 12.9. The Bertz CT molecular complexity index is 622.